The van der Waals surface area contributed by atoms with Crippen molar-refractivity contribution in [2.45, 2.75) is 43.1 Å². The minimum atomic E-state index is -0.489. The molecule has 2 nitrogen and oxygen atoms in total. The first kappa shape index (κ1) is 11.7. The minimum absolute atomic E-state index is 0.371. The monoisotopic (exact) mass is 265 g/mol. The van der Waals surface area contributed by atoms with Crippen LogP contribution in [-0.4, -0.2) is 34.7 Å². The van der Waals surface area contributed by atoms with Crippen LogP contribution < -0.4 is 5.73 Å². The summed E-state index contributed by atoms with van der Waals surface area (Å²) in [7, 11) is 1.83. The van der Waals surface area contributed by atoms with E-state index < -0.39 is 21.6 Å². The van der Waals surface area contributed by atoms with Gasteiger partial charge in [0.05, 0.1) is 0 Å². The molecule has 11 heavy (non-hydrogen) atoms. The van der Waals surface area contributed by atoms with Crippen molar-refractivity contribution in [3.63, 3.8) is 0 Å². The molecule has 0 aromatic heterocycles. The molecular weight excluding hydrogens is 245 g/mol. The van der Waals surface area contributed by atoms with Gasteiger partial charge in [0, 0.05) is 0 Å². The van der Waals surface area contributed by atoms with Crippen LogP contribution in [0.2, 0.25) is 3.93 Å². The van der Waals surface area contributed by atoms with Crippen LogP contribution in [0.4, 0.5) is 0 Å². The van der Waals surface area contributed by atoms with E-state index in [0.717, 1.165) is 10.4 Å². The Morgan fingerprint density at radius 1 is 1.36 bits per heavy atom. The van der Waals surface area contributed by atoms with Crippen molar-refractivity contribution in [1.82, 2.24) is 0 Å². The molecule has 0 aliphatic carbocycles. The number of hydrogen-bond acceptors (Lipinski definition) is 2. The van der Waals surface area contributed by atoms with E-state index in [1.165, 1.54) is 12.8 Å². The van der Waals surface area contributed by atoms with Crippen LogP contribution in [0.5, 0.6) is 0 Å². The van der Waals surface area contributed by atoms with Crippen molar-refractivity contribution in [2.75, 3.05) is 7.11 Å². The molecule has 0 heterocycles. The first-order valence-electron chi connectivity index (χ1n) is 4.21. The third kappa shape index (κ3) is 8.63. The van der Waals surface area contributed by atoms with Gasteiger partial charge in [0.2, 0.25) is 0 Å². The fourth-order valence-corrected chi connectivity index (χ4v) is 3.07. The normalized spacial score (nSPS) is 16.4. The molecule has 0 aromatic carbocycles. The first-order chi connectivity index (χ1) is 5.16. The molecule has 0 saturated heterocycles. The van der Waals surface area contributed by atoms with Gasteiger partial charge < -0.3 is 0 Å². The van der Waals surface area contributed by atoms with Gasteiger partial charge in [0.25, 0.3) is 0 Å². The van der Waals surface area contributed by atoms with E-state index >= 15 is 0 Å². The summed E-state index contributed by atoms with van der Waals surface area (Å²) in [5, 5.41) is 0. The molecular formula is C8H19NOSn. The third-order valence-corrected chi connectivity index (χ3v) is 4.26. The topological polar surface area (TPSA) is 35.2 Å². The summed E-state index contributed by atoms with van der Waals surface area (Å²) >= 11 is -0.489. The van der Waals surface area contributed by atoms with Crippen molar-refractivity contribution in [1.29, 1.82) is 0 Å². The second-order valence-electron chi connectivity index (χ2n) is 3.13. The molecule has 66 valence electrons. The van der Waals surface area contributed by atoms with Gasteiger partial charge >= 0.3 is 80.6 Å². The number of nitrogens with two attached hydrogens (primary N) is 1. The zero-order chi connectivity index (χ0) is 8.69. The fourth-order valence-electron chi connectivity index (χ4n) is 1.01. The molecule has 2 atom stereocenters. The van der Waals surface area contributed by atoms with Gasteiger partial charge in [-0.2, -0.15) is 0 Å². The van der Waals surface area contributed by atoms with Gasteiger partial charge in [0.15, 0.2) is 0 Å². The molecule has 2 unspecified atom stereocenters. The summed E-state index contributed by atoms with van der Waals surface area (Å²) in [6.07, 6.45) is 3.73. The van der Waals surface area contributed by atoms with Crippen LogP contribution >= 0.6 is 0 Å². The molecule has 0 saturated carbocycles. The average Bonchev–Trinajstić information content (AvgIpc) is 1.87. The quantitative estimate of drug-likeness (QED) is 0.739. The Hall–Kier alpha value is 0.719. The molecule has 0 rings (SSSR count). The molecule has 0 amide bonds. The molecule has 2 radical (unpaired) electrons. The molecule has 0 bridgehead atoms. The van der Waals surface area contributed by atoms with Gasteiger partial charge in [-0.25, -0.2) is 0 Å². The van der Waals surface area contributed by atoms with Gasteiger partial charge in [-0.15, -0.1) is 0 Å². The van der Waals surface area contributed by atoms with Crippen LogP contribution in [0.3, 0.4) is 0 Å². The molecule has 2 N–H and O–H groups in total. The van der Waals surface area contributed by atoms with Crippen molar-refractivity contribution in [3.05, 3.63) is 0 Å². The summed E-state index contributed by atoms with van der Waals surface area (Å²) in [4.78, 5) is 0. The molecule has 0 aliphatic rings. The van der Waals surface area contributed by atoms with Crippen molar-refractivity contribution < 1.29 is 3.07 Å². The van der Waals surface area contributed by atoms with Gasteiger partial charge in [-0.1, -0.05) is 0 Å². The van der Waals surface area contributed by atoms with Crippen LogP contribution in [-0.2, 0) is 3.07 Å². The Balaban J connectivity index is 3.10. The zero-order valence-electron chi connectivity index (χ0n) is 7.76. The van der Waals surface area contributed by atoms with Crippen LogP contribution in [0.1, 0.15) is 33.1 Å². The summed E-state index contributed by atoms with van der Waals surface area (Å²) in [5.41, 5.74) is 5.64. The van der Waals surface area contributed by atoms with E-state index in [1.807, 2.05) is 7.11 Å². The molecule has 3 heteroatoms. The maximum atomic E-state index is 5.64. The van der Waals surface area contributed by atoms with Gasteiger partial charge in [0.1, 0.15) is 0 Å². The molecule has 0 aliphatic heterocycles. The van der Waals surface area contributed by atoms with E-state index in [9.17, 15) is 0 Å². The first-order valence-corrected chi connectivity index (χ1v) is 7.02. The second-order valence-corrected chi connectivity index (χ2v) is 7.78. The third-order valence-electron chi connectivity index (χ3n) is 1.62. The van der Waals surface area contributed by atoms with Crippen LogP contribution in [0, 0.1) is 0 Å². The van der Waals surface area contributed by atoms with Crippen molar-refractivity contribution >= 4 is 21.6 Å². The predicted molar refractivity (Wildman–Crippen MR) is 49.7 cm³/mol. The Morgan fingerprint density at radius 3 is 2.45 bits per heavy atom. The van der Waals surface area contributed by atoms with Crippen molar-refractivity contribution in [3.8, 4) is 0 Å². The molecule has 0 spiro atoms. The Bertz CT molecular complexity index is 88.2. The van der Waals surface area contributed by atoms with E-state index in [2.05, 4.69) is 13.8 Å². The fraction of sp³-hybridized carbons (Fsp3) is 1.00. The van der Waals surface area contributed by atoms with E-state index in [1.54, 1.807) is 0 Å². The summed E-state index contributed by atoms with van der Waals surface area (Å²) in [6.45, 7) is 4.36. The average molecular weight is 264 g/mol. The number of hydrogen-bond donors (Lipinski definition) is 1. The van der Waals surface area contributed by atoms with Gasteiger partial charge in [-0.05, 0) is 0 Å². The molecule has 0 fully saturated rings. The summed E-state index contributed by atoms with van der Waals surface area (Å²) < 4.78 is 6.05. The van der Waals surface area contributed by atoms with E-state index in [-0.39, 0.29) is 0 Å². The second kappa shape index (κ2) is 7.37. The zero-order valence-corrected chi connectivity index (χ0v) is 10.6. The Kier molecular flexibility index (Phi) is 7.85. The van der Waals surface area contributed by atoms with E-state index in [0.29, 0.717) is 6.04 Å². The van der Waals surface area contributed by atoms with Crippen molar-refractivity contribution in [2.24, 2.45) is 5.73 Å². The SMILES string of the molecule is C[O][Sn][CH](C)CCCC(C)N. The Labute approximate surface area is 80.6 Å². The van der Waals surface area contributed by atoms with E-state index in [4.69, 9.17) is 8.81 Å². The van der Waals surface area contributed by atoms with Crippen LogP contribution in [0.25, 0.3) is 0 Å². The summed E-state index contributed by atoms with van der Waals surface area (Å²) in [5.74, 6) is 0. The standard InChI is InChI=1S/C7H16N.CH3O.Sn/c1-3-4-5-6-7(2)8;1-2;/h3,7H,4-6,8H2,1-2H3;1H3;/q;-1;+1. The van der Waals surface area contributed by atoms with Gasteiger partial charge in [-0.3, -0.25) is 0 Å². The molecule has 0 aromatic rings. The number of rotatable bonds is 6. The predicted octanol–water partition coefficient (Wildman–Crippen LogP) is 1.58. The maximum absolute atomic E-state index is 5.64. The summed E-state index contributed by atoms with van der Waals surface area (Å²) in [6, 6.07) is 0.371. The van der Waals surface area contributed by atoms with Crippen LogP contribution in [0.15, 0.2) is 0 Å². The Morgan fingerprint density at radius 2 is 2.00 bits per heavy atom.